The molecule has 0 unspecified atom stereocenters. The molecule has 0 N–H and O–H groups in total. The molecule has 0 aromatic heterocycles. The predicted molar refractivity (Wildman–Crippen MR) is 87.6 cm³/mol. The van der Waals surface area contributed by atoms with E-state index in [0.29, 0.717) is 17.4 Å². The van der Waals surface area contributed by atoms with Crippen LogP contribution in [0.25, 0.3) is 0 Å². The minimum absolute atomic E-state index is 0.233. The van der Waals surface area contributed by atoms with Gasteiger partial charge in [0.05, 0.1) is 4.90 Å². The number of fused-ring (bicyclic) bond motifs is 1. The molecule has 1 aliphatic carbocycles. The third-order valence-electron chi connectivity index (χ3n) is 4.82. The molecular weight excluding hydrogens is 350 g/mol. The van der Waals surface area contributed by atoms with Gasteiger partial charge in [-0.1, -0.05) is 48.0 Å². The monoisotopic (exact) mass is 371 g/mol. The maximum absolute atomic E-state index is 12.8. The Kier molecular flexibility index (Phi) is 4.71. The highest BCUT2D eigenvalue weighted by atomic mass is 79.9. The van der Waals surface area contributed by atoms with Gasteiger partial charge in [0.1, 0.15) is 0 Å². The predicted octanol–water partition coefficient (Wildman–Crippen LogP) is 4.18. The van der Waals surface area contributed by atoms with E-state index in [9.17, 15) is 8.42 Å². The molecule has 1 aromatic rings. The lowest BCUT2D eigenvalue weighted by atomic mass is 9.85. The number of halogens is 1. The molecule has 0 bridgehead atoms. The van der Waals surface area contributed by atoms with Crippen molar-refractivity contribution in [2.24, 2.45) is 5.92 Å². The van der Waals surface area contributed by atoms with Crippen molar-refractivity contribution in [1.29, 1.82) is 0 Å². The van der Waals surface area contributed by atoms with Crippen LogP contribution < -0.4 is 0 Å². The van der Waals surface area contributed by atoms with Crippen molar-refractivity contribution < 1.29 is 8.42 Å². The van der Waals surface area contributed by atoms with Crippen molar-refractivity contribution in [2.75, 3.05) is 6.54 Å². The van der Waals surface area contributed by atoms with Crippen LogP contribution in [0.15, 0.2) is 33.6 Å². The Hall–Kier alpha value is -0.390. The standard InChI is InChI=1S/C16H22BrNO2S/c17-14-8-10-15(11-9-14)21(19,20)18-12-13-6-4-2-1-3-5-7-16(13)18/h8-11,13,16H,1-7,12H2/t13-,16+/m1/s1. The smallest absolute Gasteiger partial charge is 0.207 e. The van der Waals surface area contributed by atoms with Gasteiger partial charge < -0.3 is 0 Å². The van der Waals surface area contributed by atoms with E-state index in [2.05, 4.69) is 15.9 Å². The highest BCUT2D eigenvalue weighted by Crippen LogP contribution is 2.38. The summed E-state index contributed by atoms with van der Waals surface area (Å²) in [7, 11) is -3.32. The summed E-state index contributed by atoms with van der Waals surface area (Å²) in [6.07, 6.45) is 8.50. The Bertz CT molecular complexity index is 585. The van der Waals surface area contributed by atoms with Gasteiger partial charge >= 0.3 is 0 Å². The largest absolute Gasteiger partial charge is 0.243 e. The minimum atomic E-state index is -3.32. The summed E-state index contributed by atoms with van der Waals surface area (Å²) in [5.74, 6) is 0.577. The van der Waals surface area contributed by atoms with E-state index < -0.39 is 10.0 Å². The lowest BCUT2D eigenvalue weighted by molar-refractivity contribution is 0.0848. The molecule has 1 saturated carbocycles. The third-order valence-corrected chi connectivity index (χ3v) is 7.26. The van der Waals surface area contributed by atoms with Crippen molar-refractivity contribution in [3.8, 4) is 0 Å². The Labute approximate surface area is 135 Å². The highest BCUT2D eigenvalue weighted by molar-refractivity contribution is 9.10. The summed E-state index contributed by atoms with van der Waals surface area (Å²) in [6.45, 7) is 0.711. The number of sulfonamides is 1. The van der Waals surface area contributed by atoms with Crippen molar-refractivity contribution in [1.82, 2.24) is 4.31 Å². The van der Waals surface area contributed by atoms with E-state index in [1.54, 1.807) is 28.6 Å². The van der Waals surface area contributed by atoms with Crippen LogP contribution in [-0.2, 0) is 10.0 Å². The molecule has 2 fully saturated rings. The van der Waals surface area contributed by atoms with Gasteiger partial charge in [0.2, 0.25) is 10.0 Å². The molecule has 2 aliphatic rings. The molecule has 1 saturated heterocycles. The molecular formula is C16H22BrNO2S. The summed E-state index contributed by atoms with van der Waals surface area (Å²) in [4.78, 5) is 0.420. The number of nitrogens with zero attached hydrogens (tertiary/aromatic N) is 1. The fraction of sp³-hybridized carbons (Fsp3) is 0.625. The zero-order valence-corrected chi connectivity index (χ0v) is 14.6. The average molecular weight is 372 g/mol. The second-order valence-electron chi connectivity index (χ2n) is 6.20. The van der Waals surface area contributed by atoms with Crippen LogP contribution in [-0.4, -0.2) is 25.3 Å². The van der Waals surface area contributed by atoms with Gasteiger partial charge in [-0.3, -0.25) is 0 Å². The molecule has 3 rings (SSSR count). The lowest BCUT2D eigenvalue weighted by Crippen LogP contribution is -2.58. The number of hydrogen-bond donors (Lipinski definition) is 0. The van der Waals surface area contributed by atoms with Gasteiger partial charge in [-0.15, -0.1) is 0 Å². The van der Waals surface area contributed by atoms with E-state index in [1.165, 1.54) is 32.1 Å². The van der Waals surface area contributed by atoms with Crippen LogP contribution in [0.1, 0.15) is 44.9 Å². The summed E-state index contributed by atoms with van der Waals surface area (Å²) in [5.41, 5.74) is 0. The van der Waals surface area contributed by atoms with Gasteiger partial charge in [-0.05, 0) is 43.0 Å². The molecule has 1 aliphatic heterocycles. The van der Waals surface area contributed by atoms with Crippen LogP contribution >= 0.6 is 15.9 Å². The fourth-order valence-corrected chi connectivity index (χ4v) is 5.59. The molecule has 0 amide bonds. The zero-order chi connectivity index (χ0) is 14.9. The molecule has 116 valence electrons. The first-order valence-corrected chi connectivity index (χ1v) is 10.1. The second kappa shape index (κ2) is 6.39. The Balaban J connectivity index is 1.78. The zero-order valence-electron chi connectivity index (χ0n) is 12.2. The van der Waals surface area contributed by atoms with E-state index >= 15 is 0 Å². The summed E-state index contributed by atoms with van der Waals surface area (Å²) >= 11 is 3.35. The Morgan fingerprint density at radius 2 is 1.57 bits per heavy atom. The van der Waals surface area contributed by atoms with E-state index in [-0.39, 0.29) is 6.04 Å². The Morgan fingerprint density at radius 1 is 0.952 bits per heavy atom. The van der Waals surface area contributed by atoms with Gasteiger partial charge in [-0.25, -0.2) is 8.42 Å². The average Bonchev–Trinajstić information content (AvgIpc) is 2.51. The molecule has 5 heteroatoms. The highest BCUT2D eigenvalue weighted by Gasteiger charge is 2.45. The summed E-state index contributed by atoms with van der Waals surface area (Å²) < 4.78 is 28.2. The first-order valence-electron chi connectivity index (χ1n) is 7.86. The van der Waals surface area contributed by atoms with Crippen molar-refractivity contribution >= 4 is 26.0 Å². The molecule has 3 nitrogen and oxygen atoms in total. The van der Waals surface area contributed by atoms with E-state index in [0.717, 1.165) is 17.3 Å². The van der Waals surface area contributed by atoms with Crippen LogP contribution in [0, 0.1) is 5.92 Å². The number of rotatable bonds is 2. The van der Waals surface area contributed by atoms with Crippen molar-refractivity contribution in [3.63, 3.8) is 0 Å². The Morgan fingerprint density at radius 3 is 2.29 bits per heavy atom. The normalized spacial score (nSPS) is 27.9. The SMILES string of the molecule is O=S(=O)(c1ccc(Br)cc1)N1C[C@H]2CCCCCCC[C@@H]21. The molecule has 1 aromatic carbocycles. The summed E-state index contributed by atoms with van der Waals surface area (Å²) in [6, 6.07) is 7.22. The molecule has 0 spiro atoms. The van der Waals surface area contributed by atoms with E-state index in [4.69, 9.17) is 0 Å². The van der Waals surface area contributed by atoms with Crippen LogP contribution in [0.5, 0.6) is 0 Å². The molecule has 0 radical (unpaired) electrons. The number of hydrogen-bond acceptors (Lipinski definition) is 2. The van der Waals surface area contributed by atoms with Crippen LogP contribution in [0.4, 0.5) is 0 Å². The lowest BCUT2D eigenvalue weighted by Gasteiger charge is -2.47. The third kappa shape index (κ3) is 3.20. The second-order valence-corrected chi connectivity index (χ2v) is 9.01. The quantitative estimate of drug-likeness (QED) is 0.781. The molecule has 21 heavy (non-hydrogen) atoms. The molecule has 2 atom stereocenters. The van der Waals surface area contributed by atoms with Crippen LogP contribution in [0.2, 0.25) is 0 Å². The molecule has 1 heterocycles. The maximum atomic E-state index is 12.8. The van der Waals surface area contributed by atoms with Crippen molar-refractivity contribution in [3.05, 3.63) is 28.7 Å². The fourth-order valence-electron chi connectivity index (χ4n) is 3.56. The van der Waals surface area contributed by atoms with Crippen LogP contribution in [0.3, 0.4) is 0 Å². The van der Waals surface area contributed by atoms with Crippen molar-refractivity contribution in [2.45, 2.75) is 55.9 Å². The van der Waals surface area contributed by atoms with Gasteiger partial charge in [0, 0.05) is 17.1 Å². The maximum Gasteiger partial charge on any atom is 0.243 e. The number of benzene rings is 1. The minimum Gasteiger partial charge on any atom is -0.207 e. The first kappa shape index (κ1) is 15.5. The summed E-state index contributed by atoms with van der Waals surface area (Å²) in [5, 5.41) is 0. The topological polar surface area (TPSA) is 37.4 Å². The van der Waals surface area contributed by atoms with Gasteiger partial charge in [-0.2, -0.15) is 4.31 Å². The first-order chi connectivity index (χ1) is 10.1. The van der Waals surface area contributed by atoms with Gasteiger partial charge in [0.25, 0.3) is 0 Å². The van der Waals surface area contributed by atoms with Gasteiger partial charge in [0.15, 0.2) is 0 Å². The van der Waals surface area contributed by atoms with E-state index in [1.807, 2.05) is 0 Å².